The predicted molar refractivity (Wildman–Crippen MR) is 106 cm³/mol. The minimum atomic E-state index is -0.172. The van der Waals surface area contributed by atoms with Crippen LogP contribution >= 0.6 is 0 Å². The first-order valence-corrected chi connectivity index (χ1v) is 10.7. The Morgan fingerprint density at radius 1 is 1.21 bits per heavy atom. The van der Waals surface area contributed by atoms with Crippen LogP contribution in [-0.4, -0.2) is 76.3 Å². The van der Waals surface area contributed by atoms with Crippen molar-refractivity contribution in [3.05, 3.63) is 29.2 Å². The third-order valence-corrected chi connectivity index (χ3v) is 6.49. The molecule has 1 atom stereocenters. The van der Waals surface area contributed by atoms with Crippen LogP contribution in [-0.2, 0) is 20.8 Å². The molecule has 0 spiro atoms. The third-order valence-electron chi connectivity index (χ3n) is 6.49. The highest BCUT2D eigenvalue weighted by molar-refractivity contribution is 5.79. The SMILES string of the molecule is Cc1nn2c([C@@H]3CN(C(=O)C4CCC4)CCO3)ccnc2c1CN1CCOCC1. The number of hydrogen-bond acceptors (Lipinski definition) is 6. The highest BCUT2D eigenvalue weighted by atomic mass is 16.5. The van der Waals surface area contributed by atoms with E-state index in [0.29, 0.717) is 25.6 Å². The molecule has 0 aromatic carbocycles. The molecule has 0 unspecified atom stereocenters. The highest BCUT2D eigenvalue weighted by Crippen LogP contribution is 2.31. The average molecular weight is 399 g/mol. The van der Waals surface area contributed by atoms with E-state index in [4.69, 9.17) is 14.6 Å². The first kappa shape index (κ1) is 19.0. The van der Waals surface area contributed by atoms with Gasteiger partial charge in [-0.3, -0.25) is 9.69 Å². The Kier molecular flexibility index (Phi) is 5.24. The molecule has 0 radical (unpaired) electrons. The van der Waals surface area contributed by atoms with Crippen molar-refractivity contribution >= 4 is 11.6 Å². The van der Waals surface area contributed by atoms with E-state index in [2.05, 4.69) is 9.88 Å². The van der Waals surface area contributed by atoms with Crippen molar-refractivity contribution in [2.45, 2.75) is 38.8 Å². The van der Waals surface area contributed by atoms with Crippen LogP contribution in [0.3, 0.4) is 0 Å². The normalized spacial score (nSPS) is 24.0. The molecule has 1 saturated carbocycles. The maximum absolute atomic E-state index is 12.7. The Morgan fingerprint density at radius 3 is 2.79 bits per heavy atom. The molecule has 2 aromatic rings. The molecule has 3 aliphatic rings. The van der Waals surface area contributed by atoms with Gasteiger partial charge in [-0.2, -0.15) is 5.10 Å². The molecule has 1 aliphatic carbocycles. The average Bonchev–Trinajstić information content (AvgIpc) is 3.03. The zero-order valence-corrected chi connectivity index (χ0v) is 17.0. The van der Waals surface area contributed by atoms with Gasteiger partial charge in [0.15, 0.2) is 5.65 Å². The van der Waals surface area contributed by atoms with Gasteiger partial charge in [-0.25, -0.2) is 9.50 Å². The second-order valence-corrected chi connectivity index (χ2v) is 8.33. The molecule has 0 bridgehead atoms. The van der Waals surface area contributed by atoms with Crippen molar-refractivity contribution in [2.75, 3.05) is 46.0 Å². The van der Waals surface area contributed by atoms with Gasteiger partial charge in [0.05, 0.1) is 37.8 Å². The number of fused-ring (bicyclic) bond motifs is 1. The summed E-state index contributed by atoms with van der Waals surface area (Å²) < 4.78 is 13.5. The van der Waals surface area contributed by atoms with Crippen molar-refractivity contribution in [1.82, 2.24) is 24.4 Å². The Labute approximate surface area is 170 Å². The van der Waals surface area contributed by atoms with Crippen LogP contribution in [0, 0.1) is 12.8 Å². The number of aryl methyl sites for hydroxylation is 1. The molecule has 8 heteroatoms. The molecule has 8 nitrogen and oxygen atoms in total. The summed E-state index contributed by atoms with van der Waals surface area (Å²) in [6.45, 7) is 8.12. The molecule has 2 aromatic heterocycles. The summed E-state index contributed by atoms with van der Waals surface area (Å²) in [4.78, 5) is 21.7. The Balaban J connectivity index is 1.39. The van der Waals surface area contributed by atoms with Gasteiger partial charge < -0.3 is 14.4 Å². The molecule has 2 aliphatic heterocycles. The largest absolute Gasteiger partial charge is 0.379 e. The molecule has 3 fully saturated rings. The summed E-state index contributed by atoms with van der Waals surface area (Å²) in [6.07, 6.45) is 4.90. The maximum Gasteiger partial charge on any atom is 0.225 e. The smallest absolute Gasteiger partial charge is 0.225 e. The number of rotatable bonds is 4. The van der Waals surface area contributed by atoms with E-state index in [1.54, 1.807) is 0 Å². The summed E-state index contributed by atoms with van der Waals surface area (Å²) in [5.74, 6) is 0.512. The molecular weight excluding hydrogens is 370 g/mol. The summed E-state index contributed by atoms with van der Waals surface area (Å²) in [5.41, 5.74) is 4.01. The fourth-order valence-electron chi connectivity index (χ4n) is 4.47. The summed E-state index contributed by atoms with van der Waals surface area (Å²) in [6, 6.07) is 1.97. The second-order valence-electron chi connectivity index (χ2n) is 8.33. The zero-order valence-electron chi connectivity index (χ0n) is 17.0. The van der Waals surface area contributed by atoms with Crippen LogP contribution in [0.2, 0.25) is 0 Å². The van der Waals surface area contributed by atoms with Crippen molar-refractivity contribution in [1.29, 1.82) is 0 Å². The highest BCUT2D eigenvalue weighted by Gasteiger charge is 2.34. The van der Waals surface area contributed by atoms with E-state index in [0.717, 1.165) is 68.3 Å². The van der Waals surface area contributed by atoms with Crippen molar-refractivity contribution < 1.29 is 14.3 Å². The molecule has 4 heterocycles. The lowest BCUT2D eigenvalue weighted by atomic mass is 9.84. The molecule has 5 rings (SSSR count). The van der Waals surface area contributed by atoms with Gasteiger partial charge in [-0.1, -0.05) is 6.42 Å². The van der Waals surface area contributed by atoms with E-state index >= 15 is 0 Å². The van der Waals surface area contributed by atoms with Crippen molar-refractivity contribution in [3.8, 4) is 0 Å². The standard InChI is InChI=1S/C21H29N5O3/c1-15-17(13-24-7-10-28-11-8-24)20-22-6-5-18(26(20)23-15)19-14-25(9-12-29-19)21(27)16-3-2-4-16/h5-6,16,19H,2-4,7-14H2,1H3/t19-/m0/s1. The first-order valence-electron chi connectivity index (χ1n) is 10.7. The van der Waals surface area contributed by atoms with Gasteiger partial charge in [-0.05, 0) is 25.8 Å². The number of amides is 1. The number of carbonyl (C=O) groups is 1. The lowest BCUT2D eigenvalue weighted by Crippen LogP contribution is -2.46. The summed E-state index contributed by atoms with van der Waals surface area (Å²) >= 11 is 0. The minimum absolute atomic E-state index is 0.172. The van der Waals surface area contributed by atoms with Crippen molar-refractivity contribution in [2.24, 2.45) is 5.92 Å². The first-order chi connectivity index (χ1) is 14.2. The molecule has 2 saturated heterocycles. The van der Waals surface area contributed by atoms with Gasteiger partial charge in [0.1, 0.15) is 6.10 Å². The number of hydrogen-bond donors (Lipinski definition) is 0. The minimum Gasteiger partial charge on any atom is -0.379 e. The van der Waals surface area contributed by atoms with E-state index in [1.165, 1.54) is 6.42 Å². The maximum atomic E-state index is 12.7. The van der Waals surface area contributed by atoms with Crippen molar-refractivity contribution in [3.63, 3.8) is 0 Å². The van der Waals surface area contributed by atoms with Gasteiger partial charge >= 0.3 is 0 Å². The molecule has 156 valence electrons. The van der Waals surface area contributed by atoms with Gasteiger partial charge in [0, 0.05) is 43.9 Å². The summed E-state index contributed by atoms with van der Waals surface area (Å²) in [7, 11) is 0. The molecular formula is C21H29N5O3. The second kappa shape index (κ2) is 8.01. The topological polar surface area (TPSA) is 72.2 Å². The van der Waals surface area contributed by atoms with Crippen LogP contribution in [0.5, 0.6) is 0 Å². The summed E-state index contributed by atoms with van der Waals surface area (Å²) in [5, 5.41) is 4.80. The Morgan fingerprint density at radius 2 is 2.03 bits per heavy atom. The third kappa shape index (κ3) is 3.65. The molecule has 0 N–H and O–H groups in total. The van der Waals surface area contributed by atoms with Crippen LogP contribution in [0.4, 0.5) is 0 Å². The molecule has 29 heavy (non-hydrogen) atoms. The van der Waals surface area contributed by atoms with E-state index in [-0.39, 0.29) is 12.0 Å². The van der Waals surface area contributed by atoms with Gasteiger partial charge in [0.25, 0.3) is 0 Å². The van der Waals surface area contributed by atoms with E-state index in [9.17, 15) is 4.79 Å². The zero-order chi connectivity index (χ0) is 19.8. The monoisotopic (exact) mass is 399 g/mol. The van der Waals surface area contributed by atoms with E-state index < -0.39 is 0 Å². The Bertz CT molecular complexity index is 888. The lowest BCUT2D eigenvalue weighted by molar-refractivity contribution is -0.146. The lowest BCUT2D eigenvalue weighted by Gasteiger charge is -2.37. The quantitative estimate of drug-likeness (QED) is 0.777. The fourth-order valence-corrected chi connectivity index (χ4v) is 4.47. The number of morpholine rings is 2. The number of carbonyl (C=O) groups excluding carboxylic acids is 1. The number of ether oxygens (including phenoxy) is 2. The predicted octanol–water partition coefficient (Wildman–Crippen LogP) is 1.57. The van der Waals surface area contributed by atoms with Crippen LogP contribution in [0.25, 0.3) is 5.65 Å². The van der Waals surface area contributed by atoms with Crippen LogP contribution in [0.15, 0.2) is 12.3 Å². The van der Waals surface area contributed by atoms with E-state index in [1.807, 2.05) is 28.6 Å². The van der Waals surface area contributed by atoms with Gasteiger partial charge in [0.2, 0.25) is 5.91 Å². The van der Waals surface area contributed by atoms with Crippen LogP contribution in [0.1, 0.15) is 42.3 Å². The van der Waals surface area contributed by atoms with Gasteiger partial charge in [-0.15, -0.1) is 0 Å². The Hall–Kier alpha value is -2.03. The number of aromatic nitrogens is 3. The fraction of sp³-hybridized carbons (Fsp3) is 0.667. The number of nitrogens with zero attached hydrogens (tertiary/aromatic N) is 5. The van der Waals surface area contributed by atoms with Crippen LogP contribution < -0.4 is 0 Å². The molecule has 1 amide bonds.